The van der Waals surface area contributed by atoms with Crippen LogP contribution < -0.4 is 0 Å². The zero-order valence-electron chi connectivity index (χ0n) is 22.1. The predicted octanol–water partition coefficient (Wildman–Crippen LogP) is 5.04. The number of aryl methyl sites for hydroxylation is 1. The van der Waals surface area contributed by atoms with Crippen molar-refractivity contribution in [2.24, 2.45) is 17.3 Å². The number of esters is 1. The highest BCUT2D eigenvalue weighted by Crippen LogP contribution is 2.45. The first kappa shape index (κ1) is 29.2. The van der Waals surface area contributed by atoms with Gasteiger partial charge in [-0.05, 0) is 45.1 Å². The van der Waals surface area contributed by atoms with E-state index in [9.17, 15) is 19.8 Å². The predicted molar refractivity (Wildman–Crippen MR) is 141 cm³/mol. The molecule has 2 fully saturated rings. The van der Waals surface area contributed by atoms with Gasteiger partial charge in [0.1, 0.15) is 11.9 Å². The average Bonchev–Trinajstić information content (AvgIpc) is 3.24. The van der Waals surface area contributed by atoms with E-state index >= 15 is 0 Å². The summed E-state index contributed by atoms with van der Waals surface area (Å²) < 4.78 is 11.8. The summed E-state index contributed by atoms with van der Waals surface area (Å²) in [6, 6.07) is 0. The molecule has 1 aromatic heterocycles. The molecule has 7 atom stereocenters. The van der Waals surface area contributed by atoms with E-state index in [1.165, 1.54) is 11.3 Å². The molecule has 0 amide bonds. The van der Waals surface area contributed by atoms with E-state index in [4.69, 9.17) is 21.1 Å². The molecule has 0 spiro atoms. The highest BCUT2D eigenvalue weighted by Gasteiger charge is 2.53. The first-order chi connectivity index (χ1) is 16.8. The number of cyclic esters (lactones) is 1. The van der Waals surface area contributed by atoms with Crippen LogP contribution in [-0.2, 0) is 19.1 Å². The van der Waals surface area contributed by atoms with Gasteiger partial charge in [-0.1, -0.05) is 45.7 Å². The average molecular weight is 542 g/mol. The van der Waals surface area contributed by atoms with Crippen molar-refractivity contribution in [3.63, 3.8) is 0 Å². The fourth-order valence-corrected chi connectivity index (χ4v) is 5.90. The van der Waals surface area contributed by atoms with Crippen molar-refractivity contribution in [2.45, 2.75) is 110 Å². The maximum absolute atomic E-state index is 13.4. The molecule has 7 nitrogen and oxygen atoms in total. The van der Waals surface area contributed by atoms with Gasteiger partial charge in [0.2, 0.25) is 0 Å². The molecule has 1 aromatic rings. The molecule has 36 heavy (non-hydrogen) atoms. The first-order valence-electron chi connectivity index (χ1n) is 12.9. The van der Waals surface area contributed by atoms with Gasteiger partial charge in [-0.25, -0.2) is 4.98 Å². The summed E-state index contributed by atoms with van der Waals surface area (Å²) in [5.74, 6) is -1.61. The summed E-state index contributed by atoms with van der Waals surface area (Å²) in [5, 5.41) is 25.0. The number of hydrogen-bond donors (Lipinski definition) is 2. The van der Waals surface area contributed by atoms with Crippen molar-refractivity contribution in [3.8, 4) is 0 Å². The molecule has 9 heteroatoms. The second-order valence-corrected chi connectivity index (χ2v) is 12.6. The Morgan fingerprint density at radius 1 is 1.31 bits per heavy atom. The highest BCUT2D eigenvalue weighted by atomic mass is 35.5. The van der Waals surface area contributed by atoms with Crippen molar-refractivity contribution < 1.29 is 29.3 Å². The molecule has 3 rings (SSSR count). The standard InChI is InChI=1S/C27H40ClNO6S/c1-7-18-24(32)15(2)9-8-10-27(6)22(35-27)12-20(19(28)11-17-14-36-16(3)29-17)34-23(31)13-21(30)26(4,5)25(18)33/h11,14-15,18,20-22,24,30,32H,7-10,12-13H2,1-6H3/t15-,18+,20-,21-,22+,24-,27+/m0/s1. The third kappa shape index (κ3) is 6.76. The second-order valence-electron chi connectivity index (χ2n) is 11.1. The molecule has 202 valence electrons. The van der Waals surface area contributed by atoms with Crippen molar-refractivity contribution in [1.29, 1.82) is 0 Å². The minimum atomic E-state index is -1.27. The molecule has 2 N–H and O–H groups in total. The summed E-state index contributed by atoms with van der Waals surface area (Å²) in [4.78, 5) is 30.8. The number of nitrogens with zero attached hydrogens (tertiary/aromatic N) is 1. The Morgan fingerprint density at radius 3 is 2.61 bits per heavy atom. The lowest BCUT2D eigenvalue weighted by molar-refractivity contribution is -0.154. The third-order valence-electron chi connectivity index (χ3n) is 7.90. The van der Waals surface area contributed by atoms with Crippen LogP contribution in [0.1, 0.15) is 83.8 Å². The molecule has 2 aliphatic heterocycles. The quantitative estimate of drug-likeness (QED) is 0.407. The normalized spacial score (nSPS) is 36.8. The lowest BCUT2D eigenvalue weighted by Gasteiger charge is -2.35. The van der Waals surface area contributed by atoms with Gasteiger partial charge >= 0.3 is 5.97 Å². The van der Waals surface area contributed by atoms with Gasteiger partial charge in [-0.15, -0.1) is 11.3 Å². The third-order valence-corrected chi connectivity index (χ3v) is 9.04. The fourth-order valence-electron chi connectivity index (χ4n) is 5.09. The lowest BCUT2D eigenvalue weighted by Crippen LogP contribution is -2.46. The SMILES string of the molecule is CC[C@H]1C(=O)C(C)(C)[C@@H](O)CC(=O)O[C@H](C(Cl)=Cc2csc(C)n2)C[C@H]2O[C@]2(C)CCC[C@H](C)[C@@H]1O. The number of aromatic nitrogens is 1. The molecule has 2 aliphatic rings. The number of Topliss-reactive ketones (excluding diaryl/α,β-unsaturated/α-hetero) is 1. The van der Waals surface area contributed by atoms with E-state index in [-0.39, 0.29) is 29.8 Å². The van der Waals surface area contributed by atoms with Crippen LogP contribution in [0.5, 0.6) is 0 Å². The monoisotopic (exact) mass is 541 g/mol. The molecule has 0 aromatic carbocycles. The topological polar surface area (TPSA) is 109 Å². The number of ether oxygens (including phenoxy) is 2. The molecular formula is C27H40ClNO6S. The van der Waals surface area contributed by atoms with Crippen molar-refractivity contribution >= 4 is 40.8 Å². The van der Waals surface area contributed by atoms with E-state index in [0.717, 1.165) is 24.3 Å². The number of halogens is 1. The summed E-state index contributed by atoms with van der Waals surface area (Å²) in [7, 11) is 0. The van der Waals surface area contributed by atoms with Gasteiger partial charge in [-0.3, -0.25) is 9.59 Å². The summed E-state index contributed by atoms with van der Waals surface area (Å²) in [6.45, 7) is 11.0. The summed E-state index contributed by atoms with van der Waals surface area (Å²) in [6.07, 6.45) is 1.56. The number of carbonyl (C=O) groups is 2. The number of aliphatic hydroxyl groups is 2. The summed E-state index contributed by atoms with van der Waals surface area (Å²) in [5.41, 5.74) is -0.902. The Hall–Kier alpha value is -1.32. The van der Waals surface area contributed by atoms with Crippen LogP contribution in [0.4, 0.5) is 0 Å². The zero-order valence-corrected chi connectivity index (χ0v) is 23.7. The second kappa shape index (κ2) is 11.6. The maximum Gasteiger partial charge on any atom is 0.309 e. The lowest BCUT2D eigenvalue weighted by atomic mass is 9.71. The minimum Gasteiger partial charge on any atom is -0.456 e. The Morgan fingerprint density at radius 2 is 2.00 bits per heavy atom. The van der Waals surface area contributed by atoms with Crippen molar-refractivity contribution in [3.05, 3.63) is 21.1 Å². The first-order valence-corrected chi connectivity index (χ1v) is 14.1. The number of fused-ring (bicyclic) bond motifs is 1. The molecular weight excluding hydrogens is 502 g/mol. The van der Waals surface area contributed by atoms with E-state index < -0.39 is 35.6 Å². The van der Waals surface area contributed by atoms with Gasteiger partial charge in [-0.2, -0.15) is 0 Å². The number of thiazole rings is 1. The van der Waals surface area contributed by atoms with Gasteiger partial charge in [0.25, 0.3) is 0 Å². The number of rotatable bonds is 3. The van der Waals surface area contributed by atoms with Crippen LogP contribution in [-0.4, -0.2) is 57.0 Å². The Balaban J connectivity index is 1.87. The van der Waals surface area contributed by atoms with E-state index in [1.807, 2.05) is 33.1 Å². The van der Waals surface area contributed by atoms with Crippen molar-refractivity contribution in [1.82, 2.24) is 4.98 Å². The van der Waals surface area contributed by atoms with Gasteiger partial charge in [0.05, 0.1) is 51.5 Å². The Labute approximate surface area is 223 Å². The smallest absolute Gasteiger partial charge is 0.309 e. The van der Waals surface area contributed by atoms with E-state index in [1.54, 1.807) is 19.9 Å². The minimum absolute atomic E-state index is 0.0859. The van der Waals surface area contributed by atoms with Crippen LogP contribution in [0.15, 0.2) is 10.4 Å². The zero-order chi connectivity index (χ0) is 26.8. The van der Waals surface area contributed by atoms with E-state index in [2.05, 4.69) is 4.98 Å². The number of hydrogen-bond acceptors (Lipinski definition) is 8. The number of carbonyl (C=O) groups excluding carboxylic acids is 2. The Bertz CT molecular complexity index is 977. The molecule has 3 heterocycles. The molecule has 0 radical (unpaired) electrons. The fraction of sp³-hybridized carbons (Fsp3) is 0.741. The molecule has 0 saturated carbocycles. The van der Waals surface area contributed by atoms with Crippen LogP contribution in [0.2, 0.25) is 0 Å². The van der Waals surface area contributed by atoms with Gasteiger partial charge in [0, 0.05) is 17.7 Å². The highest BCUT2D eigenvalue weighted by molar-refractivity contribution is 7.09. The maximum atomic E-state index is 13.4. The van der Waals surface area contributed by atoms with Gasteiger partial charge in [0.15, 0.2) is 0 Å². The molecule has 0 aliphatic carbocycles. The van der Waals surface area contributed by atoms with Crippen molar-refractivity contribution in [2.75, 3.05) is 0 Å². The van der Waals surface area contributed by atoms with E-state index in [0.29, 0.717) is 23.6 Å². The summed E-state index contributed by atoms with van der Waals surface area (Å²) >= 11 is 8.14. The molecule has 0 bridgehead atoms. The molecule has 0 unspecified atom stereocenters. The molecule has 2 saturated heterocycles. The van der Waals surface area contributed by atoms with Crippen LogP contribution in [0, 0.1) is 24.2 Å². The number of ketones is 1. The van der Waals surface area contributed by atoms with Crippen LogP contribution >= 0.6 is 22.9 Å². The Kier molecular flexibility index (Phi) is 9.42. The van der Waals surface area contributed by atoms with Gasteiger partial charge < -0.3 is 19.7 Å². The van der Waals surface area contributed by atoms with Crippen LogP contribution in [0.3, 0.4) is 0 Å². The largest absolute Gasteiger partial charge is 0.456 e. The number of epoxide rings is 1. The van der Waals surface area contributed by atoms with Crippen LogP contribution in [0.25, 0.3) is 6.08 Å². The number of aliphatic hydroxyl groups excluding tert-OH is 2.